The Morgan fingerprint density at radius 2 is 1.55 bits per heavy atom. The summed E-state index contributed by atoms with van der Waals surface area (Å²) < 4.78 is 82.4. The van der Waals surface area contributed by atoms with Gasteiger partial charge in [-0.15, -0.1) is 0 Å². The number of fused-ring (bicyclic) bond motifs is 1. The summed E-state index contributed by atoms with van der Waals surface area (Å²) in [4.78, 5) is 32.3. The van der Waals surface area contributed by atoms with Crippen LogP contribution in [0.4, 0.5) is 43.7 Å². The first-order valence-electron chi connectivity index (χ1n) is 17.7. The van der Waals surface area contributed by atoms with Crippen molar-refractivity contribution in [2.75, 3.05) is 29.9 Å². The summed E-state index contributed by atoms with van der Waals surface area (Å²) in [5, 5.41) is 10.1. The Morgan fingerprint density at radius 1 is 0.925 bits per heavy atom. The van der Waals surface area contributed by atoms with Gasteiger partial charge in [0.05, 0.1) is 49.9 Å². The molecule has 1 aliphatic heterocycles. The Bertz CT molecular complexity index is 1790. The van der Waals surface area contributed by atoms with Crippen LogP contribution >= 0.6 is 23.2 Å². The molecule has 292 valence electrons. The van der Waals surface area contributed by atoms with E-state index >= 15 is 0 Å². The van der Waals surface area contributed by atoms with Crippen molar-refractivity contribution in [2.24, 2.45) is 23.0 Å². The van der Waals surface area contributed by atoms with E-state index < -0.39 is 42.0 Å². The number of benzene rings is 2. The quantitative estimate of drug-likeness (QED) is 0.144. The third-order valence-corrected chi connectivity index (χ3v) is 10.6. The Hall–Kier alpha value is -3.43. The summed E-state index contributed by atoms with van der Waals surface area (Å²) >= 11 is 13.5. The number of aryl methyl sites for hydroxylation is 1. The molecule has 0 spiro atoms. The summed E-state index contributed by atoms with van der Waals surface area (Å²) in [5.41, 5.74) is 7.89. The third-order valence-electron chi connectivity index (χ3n) is 9.89. The minimum absolute atomic E-state index is 0.00838. The van der Waals surface area contributed by atoms with Crippen LogP contribution in [0, 0.1) is 17.3 Å². The Kier molecular flexibility index (Phi) is 12.4. The van der Waals surface area contributed by atoms with Gasteiger partial charge in [-0.2, -0.15) is 26.3 Å². The van der Waals surface area contributed by atoms with Crippen LogP contribution < -0.4 is 26.6 Å². The van der Waals surface area contributed by atoms with Crippen LogP contribution in [0.1, 0.15) is 81.6 Å². The average Bonchev–Trinajstić information content (AvgIpc) is 3.40. The lowest BCUT2D eigenvalue weighted by Crippen LogP contribution is -2.42. The molecule has 0 bridgehead atoms. The molecule has 0 radical (unpaired) electrons. The summed E-state index contributed by atoms with van der Waals surface area (Å²) in [7, 11) is 0. The number of primary amides is 1. The number of piperidine rings is 1. The molecule has 9 nitrogen and oxygen atoms in total. The van der Waals surface area contributed by atoms with E-state index in [0.29, 0.717) is 34.0 Å². The summed E-state index contributed by atoms with van der Waals surface area (Å²) in [6.45, 7) is 7.54. The van der Waals surface area contributed by atoms with Gasteiger partial charge in [0.2, 0.25) is 11.9 Å². The van der Waals surface area contributed by atoms with Gasteiger partial charge >= 0.3 is 12.4 Å². The van der Waals surface area contributed by atoms with Gasteiger partial charge in [-0.1, -0.05) is 50.0 Å². The third kappa shape index (κ3) is 10.2. The van der Waals surface area contributed by atoms with E-state index in [9.17, 15) is 35.9 Å². The van der Waals surface area contributed by atoms with E-state index in [-0.39, 0.29) is 86.5 Å². The summed E-state index contributed by atoms with van der Waals surface area (Å²) in [6, 6.07) is 6.14. The molecular weight excluding hydrogens is 747 g/mol. The van der Waals surface area contributed by atoms with Crippen LogP contribution in [0.15, 0.2) is 24.3 Å². The fraction of sp³-hybridized carbons (Fsp3) is 0.583. The van der Waals surface area contributed by atoms with Gasteiger partial charge in [0.25, 0.3) is 5.91 Å². The van der Waals surface area contributed by atoms with Crippen molar-refractivity contribution >= 4 is 63.4 Å². The minimum Gasteiger partial charge on any atom is -0.371 e. The number of nitrogens with two attached hydrogens (primary N) is 1. The van der Waals surface area contributed by atoms with E-state index in [1.807, 2.05) is 0 Å². The van der Waals surface area contributed by atoms with Crippen LogP contribution in [0.25, 0.3) is 11.0 Å². The molecule has 1 aliphatic carbocycles. The monoisotopic (exact) mass is 791 g/mol. The number of halogens is 8. The highest BCUT2D eigenvalue weighted by Gasteiger charge is 2.43. The van der Waals surface area contributed by atoms with Gasteiger partial charge in [0.1, 0.15) is 0 Å². The van der Waals surface area contributed by atoms with Gasteiger partial charge in [-0.05, 0) is 67.7 Å². The number of aromatic nitrogens is 2. The van der Waals surface area contributed by atoms with E-state index in [4.69, 9.17) is 33.9 Å². The largest absolute Gasteiger partial charge is 0.391 e. The maximum atomic E-state index is 13.9. The number of carbonyl (C=O) groups is 2. The van der Waals surface area contributed by atoms with Crippen molar-refractivity contribution in [1.29, 1.82) is 0 Å². The number of carbonyl (C=O) groups excluding carboxylic acids is 2. The number of imidazole rings is 1. The molecule has 17 heteroatoms. The van der Waals surface area contributed by atoms with Gasteiger partial charge < -0.3 is 31.2 Å². The molecule has 1 aromatic heterocycles. The molecule has 2 aromatic carbocycles. The molecule has 1 saturated carbocycles. The number of hydrogen-bond acceptors (Lipinski definition) is 6. The highest BCUT2D eigenvalue weighted by atomic mass is 35.5. The first kappa shape index (κ1) is 40.7. The predicted octanol–water partition coefficient (Wildman–Crippen LogP) is 8.73. The molecule has 0 atom stereocenters. The Labute approximate surface area is 314 Å². The molecule has 0 unspecified atom stereocenters. The molecular formula is C36H45Cl2F6N7O2. The molecule has 3 aromatic rings. The predicted molar refractivity (Wildman–Crippen MR) is 195 cm³/mol. The highest BCUT2D eigenvalue weighted by molar-refractivity contribution is 6.39. The molecule has 2 fully saturated rings. The number of alkyl halides is 6. The maximum Gasteiger partial charge on any atom is 0.391 e. The molecule has 5 N–H and O–H groups in total. The van der Waals surface area contributed by atoms with Crippen molar-refractivity contribution in [3.05, 3.63) is 45.4 Å². The lowest BCUT2D eigenvalue weighted by molar-refractivity contribution is -0.182. The second kappa shape index (κ2) is 16.1. The lowest BCUT2D eigenvalue weighted by atomic mass is 9.85. The normalized spacial score (nSPS) is 19.1. The number of anilines is 3. The van der Waals surface area contributed by atoms with E-state index in [2.05, 4.69) is 36.7 Å². The standard InChI is InChI=1S/C36H45Cl2F6N7O2/c1-34(2,3)19-46-18-20-4-9-25(37)31(30(20)38)49-33-48-26-16-24(32(53)47-23-7-5-21(6-8-23)35(39,40)41)27(17-28(26)51(33)15-12-29(45)52)50-13-10-22(11-14-50)36(42,43)44/h4,9,16-17,21-23,46H,5-8,10-15,18-19H2,1-3H3,(H2,45,52)(H,47,53)(H,48,49). The average molecular weight is 793 g/mol. The first-order chi connectivity index (χ1) is 24.7. The van der Waals surface area contributed by atoms with Gasteiger partial charge in [0.15, 0.2) is 0 Å². The van der Waals surface area contributed by atoms with Crippen LogP contribution in [0.2, 0.25) is 10.0 Å². The fourth-order valence-corrected chi connectivity index (χ4v) is 7.49. The zero-order valence-corrected chi connectivity index (χ0v) is 31.3. The van der Waals surface area contributed by atoms with Crippen LogP contribution in [-0.2, 0) is 17.9 Å². The van der Waals surface area contributed by atoms with E-state index in [1.54, 1.807) is 27.7 Å². The molecule has 53 heavy (non-hydrogen) atoms. The minimum atomic E-state index is -4.36. The number of amides is 2. The Morgan fingerprint density at radius 3 is 2.13 bits per heavy atom. The maximum absolute atomic E-state index is 13.9. The summed E-state index contributed by atoms with van der Waals surface area (Å²) in [6.07, 6.45) is -9.11. The van der Waals surface area contributed by atoms with Gasteiger partial charge in [-0.25, -0.2) is 4.98 Å². The second-order valence-corrected chi connectivity index (χ2v) is 16.0. The summed E-state index contributed by atoms with van der Waals surface area (Å²) in [5.74, 6) is -3.87. The zero-order chi connectivity index (χ0) is 38.9. The molecule has 2 amide bonds. The number of nitrogens with zero attached hydrogens (tertiary/aromatic N) is 3. The number of nitrogens with one attached hydrogen (secondary N) is 3. The fourth-order valence-electron chi connectivity index (χ4n) is 6.95. The first-order valence-corrected chi connectivity index (χ1v) is 18.4. The lowest BCUT2D eigenvalue weighted by Gasteiger charge is -2.35. The van der Waals surface area contributed by atoms with E-state index in [1.165, 1.54) is 6.07 Å². The number of hydrogen-bond donors (Lipinski definition) is 4. The van der Waals surface area contributed by atoms with E-state index in [0.717, 1.165) is 12.1 Å². The van der Waals surface area contributed by atoms with Crippen molar-refractivity contribution in [3.63, 3.8) is 0 Å². The van der Waals surface area contributed by atoms with Crippen LogP contribution in [0.5, 0.6) is 0 Å². The van der Waals surface area contributed by atoms with Gasteiger partial charge in [0, 0.05) is 45.2 Å². The second-order valence-electron chi connectivity index (χ2n) is 15.2. The van der Waals surface area contributed by atoms with Crippen LogP contribution in [0.3, 0.4) is 0 Å². The topological polar surface area (TPSA) is 117 Å². The van der Waals surface area contributed by atoms with Crippen LogP contribution in [-0.4, -0.2) is 59.4 Å². The SMILES string of the molecule is CC(C)(C)CNCc1ccc(Cl)c(Nc2nc3cc(C(=O)NC4CCC(C(F)(F)F)CC4)c(N4CCC(C(F)(F)F)CC4)cc3n2CCC(N)=O)c1Cl. The van der Waals surface area contributed by atoms with Crippen molar-refractivity contribution in [1.82, 2.24) is 20.2 Å². The molecule has 2 heterocycles. The zero-order valence-electron chi connectivity index (χ0n) is 29.8. The van der Waals surface area contributed by atoms with Gasteiger partial charge in [-0.3, -0.25) is 9.59 Å². The van der Waals surface area contributed by atoms with Crippen molar-refractivity contribution < 1.29 is 35.9 Å². The van der Waals surface area contributed by atoms with Crippen molar-refractivity contribution in [2.45, 2.75) is 97.2 Å². The number of rotatable bonds is 11. The highest BCUT2D eigenvalue weighted by Crippen LogP contribution is 2.41. The molecule has 5 rings (SSSR count). The molecule has 2 aliphatic rings. The smallest absolute Gasteiger partial charge is 0.371 e. The van der Waals surface area contributed by atoms with Crippen molar-refractivity contribution in [3.8, 4) is 0 Å². The molecule has 1 saturated heterocycles. The Balaban J connectivity index is 1.53.